The van der Waals surface area contributed by atoms with Gasteiger partial charge in [0.2, 0.25) is 0 Å². The van der Waals surface area contributed by atoms with Crippen LogP contribution in [0.1, 0.15) is 78.1 Å². The molecule has 15 nitrogen and oxygen atoms in total. The van der Waals surface area contributed by atoms with Crippen molar-refractivity contribution in [3.05, 3.63) is 46.3 Å². The molecule has 2 aliphatic rings. The number of ether oxygens (including phenoxy) is 5. The Bertz CT molecular complexity index is 1450. The Hall–Kier alpha value is -3.43. The Kier molecular flexibility index (Phi) is 14.9. The van der Waals surface area contributed by atoms with Crippen molar-refractivity contribution in [1.29, 1.82) is 0 Å². The number of carbonyl (C=O) groups excluding carboxylic acids is 4. The van der Waals surface area contributed by atoms with Crippen LogP contribution in [0, 0.1) is 23.7 Å². The topological polar surface area (TPSA) is 207 Å². The highest BCUT2D eigenvalue weighted by atomic mass is 16.7. The standard InChI is InChI=1S/C37H56N4O11/c1-20-19-36(6,48-10)32(52-35-30(26(41(8)9)18-21(2)49-35)51-34(46)25-14-12-11-13-15-25)23(4)29(43)24(5)33(45)50-27(16-17-39-40-38)37(7,47)31(44)22(3)28(20)42/h11-15,20-24,26-27,30-32,35,44,47H,16-19H2,1-10H3/t20-,21?,22+,23+,24-,26?,27-,30?,31-,32-,35?,36-,37-/m1/s1. The Balaban J connectivity index is 2.13. The van der Waals surface area contributed by atoms with E-state index < -0.39 is 89.1 Å². The Labute approximate surface area is 305 Å². The summed E-state index contributed by atoms with van der Waals surface area (Å²) in [4.78, 5) is 59.8. The molecule has 1 aromatic carbocycles. The number of hydrogen-bond donors (Lipinski definition) is 2. The number of aliphatic hydroxyl groups is 2. The summed E-state index contributed by atoms with van der Waals surface area (Å²) >= 11 is 0. The van der Waals surface area contributed by atoms with Gasteiger partial charge in [0, 0.05) is 36.3 Å². The zero-order chi connectivity index (χ0) is 39.1. The Morgan fingerprint density at radius 1 is 1.06 bits per heavy atom. The van der Waals surface area contributed by atoms with Gasteiger partial charge in [0.15, 0.2) is 18.2 Å². The molecular formula is C37H56N4O11. The van der Waals surface area contributed by atoms with E-state index in [9.17, 15) is 29.4 Å². The molecule has 2 N–H and O–H groups in total. The van der Waals surface area contributed by atoms with Gasteiger partial charge in [0.1, 0.15) is 23.4 Å². The van der Waals surface area contributed by atoms with E-state index in [0.717, 1.165) is 0 Å². The van der Waals surface area contributed by atoms with Crippen molar-refractivity contribution in [3.63, 3.8) is 0 Å². The number of azide groups is 1. The lowest BCUT2D eigenvalue weighted by Crippen LogP contribution is -2.60. The molecule has 2 saturated heterocycles. The summed E-state index contributed by atoms with van der Waals surface area (Å²) in [5, 5.41) is 26.4. The van der Waals surface area contributed by atoms with Crippen LogP contribution in [-0.2, 0) is 38.1 Å². The monoisotopic (exact) mass is 732 g/mol. The number of nitrogens with zero attached hydrogens (tertiary/aromatic N) is 4. The highest BCUT2D eigenvalue weighted by Gasteiger charge is 2.52. The number of cyclic esters (lactones) is 1. The number of ketones is 2. The molecule has 2 heterocycles. The molecule has 0 bridgehead atoms. The van der Waals surface area contributed by atoms with Crippen molar-refractivity contribution in [2.75, 3.05) is 27.7 Å². The molecule has 2 aliphatic heterocycles. The van der Waals surface area contributed by atoms with Crippen LogP contribution in [0.2, 0.25) is 0 Å². The first-order valence-corrected chi connectivity index (χ1v) is 17.8. The zero-order valence-corrected chi connectivity index (χ0v) is 31.9. The molecule has 0 amide bonds. The summed E-state index contributed by atoms with van der Waals surface area (Å²) in [6.07, 6.45) is -6.52. The van der Waals surface area contributed by atoms with Gasteiger partial charge in [0.05, 0.1) is 35.5 Å². The molecule has 3 rings (SSSR count). The molecule has 0 spiro atoms. The first-order valence-electron chi connectivity index (χ1n) is 17.8. The lowest BCUT2D eigenvalue weighted by Gasteiger charge is -2.47. The first kappa shape index (κ1) is 43.0. The molecule has 13 atom stereocenters. The van der Waals surface area contributed by atoms with Crippen LogP contribution in [0.3, 0.4) is 0 Å². The number of carbonyl (C=O) groups is 4. The predicted molar refractivity (Wildman–Crippen MR) is 189 cm³/mol. The first-order chi connectivity index (χ1) is 24.3. The predicted octanol–water partition coefficient (Wildman–Crippen LogP) is 3.88. The van der Waals surface area contributed by atoms with E-state index in [2.05, 4.69) is 10.0 Å². The molecule has 290 valence electrons. The lowest BCUT2D eigenvalue weighted by atomic mass is 9.74. The highest BCUT2D eigenvalue weighted by molar-refractivity contribution is 6.00. The quantitative estimate of drug-likeness (QED) is 0.122. The van der Waals surface area contributed by atoms with E-state index in [1.807, 2.05) is 25.9 Å². The van der Waals surface area contributed by atoms with Crippen LogP contribution < -0.4 is 0 Å². The summed E-state index contributed by atoms with van der Waals surface area (Å²) in [6.45, 7) is 10.6. The van der Waals surface area contributed by atoms with Crippen molar-refractivity contribution in [2.45, 2.75) is 122 Å². The van der Waals surface area contributed by atoms with Gasteiger partial charge in [0.25, 0.3) is 0 Å². The van der Waals surface area contributed by atoms with Gasteiger partial charge in [-0.05, 0) is 78.7 Å². The molecule has 0 radical (unpaired) electrons. The van der Waals surface area contributed by atoms with Gasteiger partial charge >= 0.3 is 11.9 Å². The van der Waals surface area contributed by atoms with Gasteiger partial charge in [-0.3, -0.25) is 14.4 Å². The minimum Gasteiger partial charge on any atom is -0.459 e. The fourth-order valence-electron chi connectivity index (χ4n) is 7.38. The van der Waals surface area contributed by atoms with E-state index in [1.54, 1.807) is 51.1 Å². The summed E-state index contributed by atoms with van der Waals surface area (Å²) in [5.41, 5.74) is 5.60. The van der Waals surface area contributed by atoms with E-state index in [1.165, 1.54) is 27.9 Å². The number of esters is 2. The van der Waals surface area contributed by atoms with Crippen molar-refractivity contribution in [2.24, 2.45) is 28.8 Å². The molecule has 15 heteroatoms. The summed E-state index contributed by atoms with van der Waals surface area (Å²) in [7, 11) is 5.12. The third-order valence-electron chi connectivity index (χ3n) is 10.7. The maximum atomic E-state index is 14.2. The molecular weight excluding hydrogens is 676 g/mol. The van der Waals surface area contributed by atoms with Gasteiger partial charge < -0.3 is 38.8 Å². The molecule has 2 fully saturated rings. The minimum atomic E-state index is -2.16. The molecule has 1 aromatic rings. The normalized spacial score (nSPS) is 38.2. The van der Waals surface area contributed by atoms with Crippen LogP contribution >= 0.6 is 0 Å². The minimum absolute atomic E-state index is 0.00316. The van der Waals surface area contributed by atoms with Crippen molar-refractivity contribution in [3.8, 4) is 0 Å². The largest absolute Gasteiger partial charge is 0.459 e. The average Bonchev–Trinajstić information content (AvgIpc) is 3.11. The van der Waals surface area contributed by atoms with Crippen LogP contribution in [0.4, 0.5) is 0 Å². The fraction of sp³-hybridized carbons (Fsp3) is 0.730. The molecule has 52 heavy (non-hydrogen) atoms. The van der Waals surface area contributed by atoms with E-state index in [4.69, 9.17) is 29.2 Å². The third-order valence-corrected chi connectivity index (χ3v) is 10.7. The third kappa shape index (κ3) is 9.75. The van der Waals surface area contributed by atoms with Crippen molar-refractivity contribution < 1.29 is 53.1 Å². The fourth-order valence-corrected chi connectivity index (χ4v) is 7.38. The van der Waals surface area contributed by atoms with Crippen LogP contribution in [-0.4, -0.2) is 120 Å². The smallest absolute Gasteiger partial charge is 0.338 e. The summed E-state index contributed by atoms with van der Waals surface area (Å²) < 4.78 is 30.9. The molecule has 0 aromatic heterocycles. The number of likely N-dealkylation sites (N-methyl/N-ethyl adjacent to an activating group) is 1. The summed E-state index contributed by atoms with van der Waals surface area (Å²) in [5.74, 6) is -7.01. The number of benzene rings is 1. The lowest BCUT2D eigenvalue weighted by molar-refractivity contribution is -0.294. The number of methoxy groups -OCH3 is 1. The Morgan fingerprint density at radius 2 is 1.69 bits per heavy atom. The number of Topliss-reactive ketones (excluding diaryl/α,β-unsaturated/α-hetero) is 2. The highest BCUT2D eigenvalue weighted by Crippen LogP contribution is 2.39. The van der Waals surface area contributed by atoms with E-state index in [0.29, 0.717) is 12.0 Å². The SMILES string of the molecule is CO[C@]1(C)C[C@@H](C)C(=O)[C@H](C)[C@@H](O)[C@](C)(O)[C@@H](CCN=[N+]=[N-])OC(=O)[C@H](C)C(=O)[C@H](C)[C@H]1OC1OC(C)CC(N(C)C)C1OC(=O)c1ccccc1. The Morgan fingerprint density at radius 3 is 2.27 bits per heavy atom. The molecule has 4 unspecified atom stereocenters. The van der Waals surface area contributed by atoms with Crippen LogP contribution in [0.15, 0.2) is 35.4 Å². The number of hydrogen-bond acceptors (Lipinski definition) is 13. The van der Waals surface area contributed by atoms with Crippen molar-refractivity contribution >= 4 is 23.5 Å². The van der Waals surface area contributed by atoms with Crippen molar-refractivity contribution in [1.82, 2.24) is 4.90 Å². The summed E-state index contributed by atoms with van der Waals surface area (Å²) in [6, 6.07) is 8.13. The van der Waals surface area contributed by atoms with E-state index >= 15 is 0 Å². The number of aliphatic hydroxyl groups excluding tert-OH is 1. The second-order valence-electron chi connectivity index (χ2n) is 14.9. The number of rotatable bonds is 9. The van der Waals surface area contributed by atoms with Crippen LogP contribution in [0.25, 0.3) is 10.4 Å². The van der Waals surface area contributed by atoms with Gasteiger partial charge in [-0.1, -0.05) is 44.1 Å². The van der Waals surface area contributed by atoms with E-state index in [-0.39, 0.29) is 31.5 Å². The van der Waals surface area contributed by atoms with Crippen LogP contribution in [0.5, 0.6) is 0 Å². The van der Waals surface area contributed by atoms with Gasteiger partial charge in [-0.15, -0.1) is 0 Å². The zero-order valence-electron chi connectivity index (χ0n) is 31.9. The molecule has 0 aliphatic carbocycles. The second kappa shape index (κ2) is 18.1. The second-order valence-corrected chi connectivity index (χ2v) is 14.9. The maximum Gasteiger partial charge on any atom is 0.338 e. The average molecular weight is 733 g/mol. The van der Waals surface area contributed by atoms with Gasteiger partial charge in [-0.2, -0.15) is 0 Å². The van der Waals surface area contributed by atoms with Gasteiger partial charge in [-0.25, -0.2) is 4.79 Å². The molecule has 0 saturated carbocycles. The maximum absolute atomic E-state index is 14.2.